The molecule has 1 atom stereocenters. The van der Waals surface area contributed by atoms with Gasteiger partial charge in [-0.3, -0.25) is 4.90 Å². The summed E-state index contributed by atoms with van der Waals surface area (Å²) in [6, 6.07) is 15.9. The molecular weight excluding hydrogens is 417 g/mol. The van der Waals surface area contributed by atoms with Crippen molar-refractivity contribution in [2.75, 3.05) is 18.8 Å². The molecule has 0 spiro atoms. The van der Waals surface area contributed by atoms with Crippen LogP contribution in [0.4, 0.5) is 5.82 Å². The zero-order valence-corrected chi connectivity index (χ0v) is 18.5. The van der Waals surface area contributed by atoms with E-state index in [0.29, 0.717) is 21.6 Å². The van der Waals surface area contributed by atoms with Crippen LogP contribution in [0.2, 0.25) is 10.0 Å². The minimum atomic E-state index is -0.367. The summed E-state index contributed by atoms with van der Waals surface area (Å²) in [7, 11) is 0. The van der Waals surface area contributed by atoms with Gasteiger partial charge in [-0.05, 0) is 62.2 Å². The zero-order chi connectivity index (χ0) is 21.1. The average molecular weight is 442 g/mol. The van der Waals surface area contributed by atoms with E-state index in [-0.39, 0.29) is 6.10 Å². The Morgan fingerprint density at radius 3 is 2.37 bits per heavy atom. The van der Waals surface area contributed by atoms with Crippen LogP contribution in [0.25, 0.3) is 11.1 Å². The number of benzene rings is 2. The Bertz CT molecular complexity index is 997. The maximum Gasteiger partial charge on any atom is 0.166 e. The molecule has 0 bridgehead atoms. The van der Waals surface area contributed by atoms with Gasteiger partial charge in [0.2, 0.25) is 0 Å². The van der Waals surface area contributed by atoms with Crippen LogP contribution in [-0.2, 0) is 6.54 Å². The molecule has 156 valence electrons. The highest BCUT2D eigenvalue weighted by Gasteiger charge is 2.17. The molecule has 2 N–H and O–H groups in total. The highest BCUT2D eigenvalue weighted by Crippen LogP contribution is 2.35. The Kier molecular flexibility index (Phi) is 6.47. The van der Waals surface area contributed by atoms with Crippen molar-refractivity contribution in [1.29, 1.82) is 0 Å². The van der Waals surface area contributed by atoms with Crippen molar-refractivity contribution in [1.82, 2.24) is 9.88 Å². The summed E-state index contributed by atoms with van der Waals surface area (Å²) in [4.78, 5) is 6.82. The topological polar surface area (TPSA) is 51.4 Å². The van der Waals surface area contributed by atoms with Crippen molar-refractivity contribution in [3.05, 3.63) is 75.9 Å². The maximum absolute atomic E-state index is 6.32. The Morgan fingerprint density at radius 2 is 1.70 bits per heavy atom. The molecule has 30 heavy (non-hydrogen) atoms. The first-order valence-electron chi connectivity index (χ1n) is 10.2. The van der Waals surface area contributed by atoms with Crippen LogP contribution in [0.1, 0.15) is 37.0 Å². The Morgan fingerprint density at radius 1 is 1.03 bits per heavy atom. The van der Waals surface area contributed by atoms with Gasteiger partial charge in [-0.15, -0.1) is 0 Å². The molecule has 2 aromatic carbocycles. The Balaban J connectivity index is 1.53. The van der Waals surface area contributed by atoms with Crippen molar-refractivity contribution in [3.8, 4) is 16.9 Å². The lowest BCUT2D eigenvalue weighted by molar-refractivity contribution is 0.228. The van der Waals surface area contributed by atoms with Gasteiger partial charge in [0, 0.05) is 33.9 Å². The second-order valence-electron chi connectivity index (χ2n) is 7.68. The molecule has 0 radical (unpaired) electrons. The van der Waals surface area contributed by atoms with E-state index in [2.05, 4.69) is 34.1 Å². The van der Waals surface area contributed by atoms with Crippen molar-refractivity contribution < 1.29 is 4.74 Å². The van der Waals surface area contributed by atoms with Gasteiger partial charge in [0.05, 0.1) is 0 Å². The lowest BCUT2D eigenvalue weighted by atomic mass is 10.0. The third-order valence-corrected chi connectivity index (χ3v) is 6.14. The quantitative estimate of drug-likeness (QED) is 0.482. The van der Waals surface area contributed by atoms with E-state index in [1.165, 1.54) is 31.5 Å². The molecular formula is C24H25Cl2N3O. The van der Waals surface area contributed by atoms with Gasteiger partial charge >= 0.3 is 0 Å². The third kappa shape index (κ3) is 4.72. The first kappa shape index (κ1) is 21.0. The minimum absolute atomic E-state index is 0.333. The normalized spacial score (nSPS) is 15.3. The van der Waals surface area contributed by atoms with Crippen molar-refractivity contribution in [2.45, 2.75) is 32.4 Å². The van der Waals surface area contributed by atoms with Crippen LogP contribution in [0.5, 0.6) is 5.75 Å². The third-order valence-electron chi connectivity index (χ3n) is 5.48. The van der Waals surface area contributed by atoms with E-state index < -0.39 is 0 Å². The van der Waals surface area contributed by atoms with Gasteiger partial charge in [0.1, 0.15) is 6.10 Å². The molecule has 1 aromatic heterocycles. The number of likely N-dealkylation sites (tertiary alicyclic amines) is 1. The number of hydrogen-bond donors (Lipinski definition) is 1. The van der Waals surface area contributed by atoms with Crippen LogP contribution in [0.3, 0.4) is 0 Å². The van der Waals surface area contributed by atoms with Crippen molar-refractivity contribution in [3.63, 3.8) is 0 Å². The molecule has 4 nitrogen and oxygen atoms in total. The predicted molar refractivity (Wildman–Crippen MR) is 124 cm³/mol. The van der Waals surface area contributed by atoms with Gasteiger partial charge in [-0.2, -0.15) is 0 Å². The number of halogens is 2. The number of ether oxygens (including phenoxy) is 1. The lowest BCUT2D eigenvalue weighted by Gasteiger charge is -2.19. The van der Waals surface area contributed by atoms with Gasteiger partial charge in [0.15, 0.2) is 11.6 Å². The summed E-state index contributed by atoms with van der Waals surface area (Å²) >= 11 is 12.6. The van der Waals surface area contributed by atoms with Gasteiger partial charge in [-0.1, -0.05) is 53.5 Å². The number of pyridine rings is 1. The van der Waals surface area contributed by atoms with E-state index in [1.807, 2.05) is 19.1 Å². The Labute approximate surface area is 187 Å². The highest BCUT2D eigenvalue weighted by atomic mass is 35.5. The van der Waals surface area contributed by atoms with Crippen molar-refractivity contribution >= 4 is 29.0 Å². The predicted octanol–water partition coefficient (Wildman–Crippen LogP) is 6.37. The van der Waals surface area contributed by atoms with Crippen LogP contribution >= 0.6 is 23.2 Å². The fourth-order valence-electron chi connectivity index (χ4n) is 3.86. The number of hydrogen-bond acceptors (Lipinski definition) is 4. The summed E-state index contributed by atoms with van der Waals surface area (Å²) < 4.78 is 6.10. The fourth-order valence-corrected chi connectivity index (χ4v) is 4.56. The lowest BCUT2D eigenvalue weighted by Crippen LogP contribution is -2.18. The molecule has 1 aliphatic rings. The second-order valence-corrected chi connectivity index (χ2v) is 8.50. The summed E-state index contributed by atoms with van der Waals surface area (Å²) in [5, 5.41) is 1.12. The van der Waals surface area contributed by atoms with Crippen LogP contribution in [0.15, 0.2) is 54.7 Å². The zero-order valence-electron chi connectivity index (χ0n) is 16.9. The standard InChI is InChI=1S/C24H25Cl2N3O/c1-16(23-20(25)5-4-6-21(23)26)30-22-13-19(14-28-24(22)27)18-9-7-17(8-10-18)15-29-11-2-3-12-29/h4-10,13-14,16H,2-3,11-12,15H2,1H3,(H2,27,28)/t16-/m1/s1. The Hall–Kier alpha value is -2.27. The van der Waals surface area contributed by atoms with Gasteiger partial charge < -0.3 is 10.5 Å². The summed E-state index contributed by atoms with van der Waals surface area (Å²) in [6.45, 7) is 5.28. The molecule has 0 unspecified atom stereocenters. The van der Waals surface area contributed by atoms with Crippen LogP contribution in [-0.4, -0.2) is 23.0 Å². The molecule has 1 aliphatic heterocycles. The van der Waals surface area contributed by atoms with E-state index >= 15 is 0 Å². The molecule has 0 amide bonds. The number of nitrogens with zero attached hydrogens (tertiary/aromatic N) is 2. The van der Waals surface area contributed by atoms with E-state index in [4.69, 9.17) is 33.7 Å². The fraction of sp³-hybridized carbons (Fsp3) is 0.292. The number of nitrogen functional groups attached to an aromatic ring is 1. The number of aromatic nitrogens is 1. The van der Waals surface area contributed by atoms with E-state index in [9.17, 15) is 0 Å². The summed E-state index contributed by atoms with van der Waals surface area (Å²) in [6.07, 6.45) is 4.00. The summed E-state index contributed by atoms with van der Waals surface area (Å²) in [5.41, 5.74) is 10.2. The van der Waals surface area contributed by atoms with Crippen molar-refractivity contribution in [2.24, 2.45) is 0 Å². The van der Waals surface area contributed by atoms with Crippen LogP contribution < -0.4 is 10.5 Å². The van der Waals surface area contributed by atoms with E-state index in [0.717, 1.165) is 23.2 Å². The number of rotatable bonds is 6. The highest BCUT2D eigenvalue weighted by molar-refractivity contribution is 6.36. The van der Waals surface area contributed by atoms with Crippen LogP contribution in [0, 0.1) is 0 Å². The van der Waals surface area contributed by atoms with E-state index in [1.54, 1.807) is 18.3 Å². The number of anilines is 1. The first-order valence-corrected chi connectivity index (χ1v) is 10.9. The molecule has 1 saturated heterocycles. The molecule has 4 rings (SSSR count). The molecule has 3 aromatic rings. The largest absolute Gasteiger partial charge is 0.482 e. The number of nitrogens with two attached hydrogens (primary N) is 1. The molecule has 0 saturated carbocycles. The monoisotopic (exact) mass is 441 g/mol. The molecule has 6 heteroatoms. The minimum Gasteiger partial charge on any atom is -0.482 e. The smallest absolute Gasteiger partial charge is 0.166 e. The molecule has 2 heterocycles. The average Bonchev–Trinajstić information content (AvgIpc) is 3.23. The second kappa shape index (κ2) is 9.25. The van der Waals surface area contributed by atoms with Gasteiger partial charge in [-0.25, -0.2) is 4.98 Å². The first-order chi connectivity index (χ1) is 14.5. The molecule has 0 aliphatic carbocycles. The maximum atomic E-state index is 6.32. The molecule has 1 fully saturated rings. The SMILES string of the molecule is C[C@@H](Oc1cc(-c2ccc(CN3CCCC3)cc2)cnc1N)c1c(Cl)cccc1Cl. The van der Waals surface area contributed by atoms with Gasteiger partial charge in [0.25, 0.3) is 0 Å². The summed E-state index contributed by atoms with van der Waals surface area (Å²) in [5.74, 6) is 0.844.